The highest BCUT2D eigenvalue weighted by Gasteiger charge is 2.20. The maximum absolute atomic E-state index is 5.46. The number of hydrogen-bond donors (Lipinski definition) is 0. The largest absolute Gasteiger partial charge is 0.496 e. The lowest BCUT2D eigenvalue weighted by atomic mass is 9.97. The van der Waals surface area contributed by atoms with E-state index < -0.39 is 0 Å². The van der Waals surface area contributed by atoms with Crippen molar-refractivity contribution < 1.29 is 14.2 Å². The topological polar surface area (TPSA) is 30.9 Å². The highest BCUT2D eigenvalue weighted by Crippen LogP contribution is 2.34. The Kier molecular flexibility index (Phi) is 5.19. The van der Waals surface area contributed by atoms with Crippen LogP contribution in [0.4, 0.5) is 0 Å². The molecule has 0 atom stereocenters. The van der Waals surface area contributed by atoms with Crippen LogP contribution in [0.15, 0.2) is 24.3 Å². The minimum atomic E-state index is 0.805. The van der Waals surface area contributed by atoms with Crippen molar-refractivity contribution in [3.8, 4) is 17.2 Å². The van der Waals surface area contributed by atoms with Crippen molar-refractivity contribution >= 4 is 0 Å². The second kappa shape index (κ2) is 7.36. The van der Waals surface area contributed by atoms with Crippen molar-refractivity contribution in [3.63, 3.8) is 0 Å². The quantitative estimate of drug-likeness (QED) is 0.826. The van der Waals surface area contributed by atoms with Gasteiger partial charge in [-0.2, -0.15) is 0 Å². The van der Waals surface area contributed by atoms with Crippen LogP contribution >= 0.6 is 0 Å². The number of hydrogen-bond acceptors (Lipinski definition) is 4. The molecule has 0 unspecified atom stereocenters. The number of ether oxygens (including phenoxy) is 3. The lowest BCUT2D eigenvalue weighted by Crippen LogP contribution is -2.30. The molecular weight excluding hydrogens is 314 g/mol. The van der Waals surface area contributed by atoms with Gasteiger partial charge in [0.2, 0.25) is 0 Å². The number of fused-ring (bicyclic) bond motifs is 1. The van der Waals surface area contributed by atoms with E-state index in [0.29, 0.717) is 0 Å². The summed E-state index contributed by atoms with van der Waals surface area (Å²) >= 11 is 0. The summed E-state index contributed by atoms with van der Waals surface area (Å²) in [7, 11) is 5.10. The van der Waals surface area contributed by atoms with Gasteiger partial charge in [0.05, 0.1) is 21.3 Å². The Bertz CT molecular complexity index is 770. The Labute approximate surface area is 150 Å². The van der Waals surface area contributed by atoms with Crippen LogP contribution in [0.3, 0.4) is 0 Å². The third-order valence-electron chi connectivity index (χ3n) is 5.26. The van der Waals surface area contributed by atoms with Crippen LogP contribution in [-0.4, -0.2) is 32.8 Å². The summed E-state index contributed by atoms with van der Waals surface area (Å²) in [6.07, 6.45) is 1.03. The molecule has 0 bridgehead atoms. The van der Waals surface area contributed by atoms with Gasteiger partial charge in [0.15, 0.2) is 11.5 Å². The van der Waals surface area contributed by atoms with Crippen LogP contribution in [0.2, 0.25) is 0 Å². The second-order valence-electron chi connectivity index (χ2n) is 6.61. The molecule has 0 fully saturated rings. The highest BCUT2D eigenvalue weighted by atomic mass is 16.5. The van der Waals surface area contributed by atoms with Gasteiger partial charge in [0.25, 0.3) is 0 Å². The van der Waals surface area contributed by atoms with E-state index in [-0.39, 0.29) is 0 Å². The smallest absolute Gasteiger partial charge is 0.161 e. The van der Waals surface area contributed by atoms with Crippen LogP contribution in [0.25, 0.3) is 0 Å². The second-order valence-corrected chi connectivity index (χ2v) is 6.61. The van der Waals surface area contributed by atoms with Crippen molar-refractivity contribution in [3.05, 3.63) is 52.1 Å². The van der Waals surface area contributed by atoms with E-state index >= 15 is 0 Å². The van der Waals surface area contributed by atoms with Crippen molar-refractivity contribution in [1.29, 1.82) is 0 Å². The van der Waals surface area contributed by atoms with E-state index in [2.05, 4.69) is 43.0 Å². The Balaban J connectivity index is 1.80. The standard InChI is InChI=1S/C21H27NO3/c1-14-15(2)19(23-3)7-6-17(14)12-22-9-8-16-10-20(24-4)21(25-5)11-18(16)13-22/h6-7,10-11H,8-9,12-13H2,1-5H3. The van der Waals surface area contributed by atoms with E-state index in [1.807, 2.05) is 0 Å². The Hall–Kier alpha value is -2.20. The molecule has 0 aromatic heterocycles. The number of benzene rings is 2. The van der Waals surface area contributed by atoms with Gasteiger partial charge in [-0.3, -0.25) is 4.90 Å². The van der Waals surface area contributed by atoms with E-state index in [1.54, 1.807) is 21.3 Å². The molecule has 1 aliphatic heterocycles. The first-order valence-electron chi connectivity index (χ1n) is 8.66. The molecule has 3 rings (SSSR count). The summed E-state index contributed by atoms with van der Waals surface area (Å²) in [6.45, 7) is 7.23. The van der Waals surface area contributed by atoms with Crippen molar-refractivity contribution in [1.82, 2.24) is 4.90 Å². The summed E-state index contributed by atoms with van der Waals surface area (Å²) in [6, 6.07) is 8.50. The van der Waals surface area contributed by atoms with Crippen LogP contribution in [0.1, 0.15) is 27.8 Å². The summed E-state index contributed by atoms with van der Waals surface area (Å²) in [5.74, 6) is 2.58. The average molecular weight is 341 g/mol. The van der Waals surface area contributed by atoms with Crippen molar-refractivity contribution in [2.24, 2.45) is 0 Å². The first kappa shape index (κ1) is 17.6. The summed E-state index contributed by atoms with van der Waals surface area (Å²) in [5.41, 5.74) is 6.59. The number of methoxy groups -OCH3 is 3. The minimum Gasteiger partial charge on any atom is -0.496 e. The molecule has 0 radical (unpaired) electrons. The van der Waals surface area contributed by atoms with Crippen molar-refractivity contribution in [2.45, 2.75) is 33.4 Å². The van der Waals surface area contributed by atoms with E-state index in [4.69, 9.17) is 14.2 Å². The van der Waals surface area contributed by atoms with E-state index in [9.17, 15) is 0 Å². The summed E-state index contributed by atoms with van der Waals surface area (Å²) in [5, 5.41) is 0. The van der Waals surface area contributed by atoms with E-state index in [0.717, 1.165) is 43.3 Å². The van der Waals surface area contributed by atoms with Gasteiger partial charge in [0, 0.05) is 19.6 Å². The zero-order valence-electron chi connectivity index (χ0n) is 15.8. The monoisotopic (exact) mass is 341 g/mol. The third kappa shape index (κ3) is 3.45. The molecule has 1 heterocycles. The molecule has 134 valence electrons. The molecule has 25 heavy (non-hydrogen) atoms. The molecular formula is C21H27NO3. The molecule has 0 N–H and O–H groups in total. The van der Waals surface area contributed by atoms with Gasteiger partial charge in [-0.25, -0.2) is 0 Å². The molecule has 4 heteroatoms. The lowest BCUT2D eigenvalue weighted by molar-refractivity contribution is 0.243. The molecule has 0 amide bonds. The van der Waals surface area contributed by atoms with Crippen LogP contribution in [0, 0.1) is 13.8 Å². The molecule has 0 saturated heterocycles. The Morgan fingerprint density at radius 1 is 0.840 bits per heavy atom. The zero-order valence-corrected chi connectivity index (χ0v) is 15.8. The Morgan fingerprint density at radius 3 is 2.12 bits per heavy atom. The molecule has 2 aromatic rings. The molecule has 0 aliphatic carbocycles. The van der Waals surface area contributed by atoms with E-state index in [1.165, 1.54) is 27.8 Å². The first-order chi connectivity index (χ1) is 12.1. The van der Waals surface area contributed by atoms with Gasteiger partial charge in [-0.15, -0.1) is 0 Å². The molecule has 2 aromatic carbocycles. The zero-order chi connectivity index (χ0) is 18.0. The first-order valence-corrected chi connectivity index (χ1v) is 8.66. The fourth-order valence-corrected chi connectivity index (χ4v) is 3.56. The van der Waals surface area contributed by atoms with Crippen LogP contribution in [-0.2, 0) is 19.5 Å². The fraction of sp³-hybridized carbons (Fsp3) is 0.429. The predicted molar refractivity (Wildman–Crippen MR) is 99.8 cm³/mol. The van der Waals surface area contributed by atoms with Gasteiger partial charge in [0.1, 0.15) is 5.75 Å². The van der Waals surface area contributed by atoms with Crippen molar-refractivity contribution in [2.75, 3.05) is 27.9 Å². The maximum atomic E-state index is 5.46. The normalized spacial score (nSPS) is 14.1. The minimum absolute atomic E-state index is 0.805. The fourth-order valence-electron chi connectivity index (χ4n) is 3.56. The summed E-state index contributed by atoms with van der Waals surface area (Å²) in [4.78, 5) is 2.49. The Morgan fingerprint density at radius 2 is 1.48 bits per heavy atom. The molecule has 4 nitrogen and oxygen atoms in total. The van der Waals surface area contributed by atoms with Gasteiger partial charge < -0.3 is 14.2 Å². The maximum Gasteiger partial charge on any atom is 0.161 e. The molecule has 0 saturated carbocycles. The third-order valence-corrected chi connectivity index (χ3v) is 5.26. The average Bonchev–Trinajstić information content (AvgIpc) is 2.64. The predicted octanol–water partition coefficient (Wildman–Crippen LogP) is 3.89. The van der Waals surface area contributed by atoms with Gasteiger partial charge in [-0.1, -0.05) is 6.07 Å². The van der Waals surface area contributed by atoms with Crippen LogP contribution in [0.5, 0.6) is 17.2 Å². The molecule has 0 spiro atoms. The summed E-state index contributed by atoms with van der Waals surface area (Å²) < 4.78 is 16.3. The number of nitrogens with zero attached hydrogens (tertiary/aromatic N) is 1. The lowest BCUT2D eigenvalue weighted by Gasteiger charge is -2.30. The highest BCUT2D eigenvalue weighted by molar-refractivity contribution is 5.48. The van der Waals surface area contributed by atoms with Gasteiger partial charge >= 0.3 is 0 Å². The molecule has 1 aliphatic rings. The SMILES string of the molecule is COc1cc2c(cc1OC)CN(Cc1ccc(OC)c(C)c1C)CC2. The number of rotatable bonds is 5. The van der Waals surface area contributed by atoms with Gasteiger partial charge in [-0.05, 0) is 66.3 Å². The van der Waals surface area contributed by atoms with Crippen LogP contribution < -0.4 is 14.2 Å².